The number of carbonyl (C=O) groups excluding carboxylic acids is 1. The number of ether oxygens (including phenoxy) is 1. The van der Waals surface area contributed by atoms with Crippen molar-refractivity contribution in [1.29, 1.82) is 0 Å². The minimum Gasteiger partial charge on any atom is -0.444 e. The van der Waals surface area contributed by atoms with Crippen molar-refractivity contribution in [3.8, 4) is 11.1 Å². The van der Waals surface area contributed by atoms with E-state index in [9.17, 15) is 4.79 Å². The number of para-hydroxylation sites is 1. The Morgan fingerprint density at radius 2 is 2.12 bits per heavy atom. The van der Waals surface area contributed by atoms with Crippen LogP contribution < -0.4 is 11.1 Å². The molecule has 1 amide bonds. The summed E-state index contributed by atoms with van der Waals surface area (Å²) in [6, 6.07) is 9.18. The highest BCUT2D eigenvalue weighted by atomic mass is 79.9. The monoisotopic (exact) mass is 523 g/mol. The molecule has 4 aromatic rings. The average molecular weight is 524 g/mol. The highest BCUT2D eigenvalue weighted by molar-refractivity contribution is 9.10. The van der Waals surface area contributed by atoms with Crippen LogP contribution in [0.3, 0.4) is 0 Å². The third kappa shape index (κ3) is 4.89. The zero-order valence-corrected chi connectivity index (χ0v) is 20.8. The van der Waals surface area contributed by atoms with Crippen LogP contribution in [0.5, 0.6) is 0 Å². The summed E-state index contributed by atoms with van der Waals surface area (Å²) in [6.45, 7) is 8.16. The summed E-state index contributed by atoms with van der Waals surface area (Å²) in [5, 5.41) is 4.37. The lowest BCUT2D eigenvalue weighted by molar-refractivity contribution is 0.0500. The van der Waals surface area contributed by atoms with Crippen molar-refractivity contribution in [2.45, 2.75) is 45.4 Å². The molecule has 34 heavy (non-hydrogen) atoms. The molecule has 0 radical (unpaired) electrons. The summed E-state index contributed by atoms with van der Waals surface area (Å²) in [4.78, 5) is 25.7. The molecule has 0 aliphatic heterocycles. The molecule has 1 aromatic carbocycles. The van der Waals surface area contributed by atoms with Gasteiger partial charge in [-0.2, -0.15) is 0 Å². The summed E-state index contributed by atoms with van der Waals surface area (Å²) in [5.41, 5.74) is 8.49. The second kappa shape index (κ2) is 9.42. The van der Waals surface area contributed by atoms with Gasteiger partial charge in [0.25, 0.3) is 0 Å². The summed E-state index contributed by atoms with van der Waals surface area (Å²) >= 11 is 3.69. The lowest BCUT2D eigenvalue weighted by Crippen LogP contribution is -2.41. The number of nitrogens with one attached hydrogen (secondary N) is 1. The number of benzene rings is 1. The third-order valence-corrected chi connectivity index (χ3v) is 5.86. The number of nitrogens with zero attached hydrogens (tertiary/aromatic N) is 4. The fourth-order valence-electron chi connectivity index (χ4n) is 3.71. The number of hydrogen-bond acceptors (Lipinski definition) is 6. The summed E-state index contributed by atoms with van der Waals surface area (Å²) < 4.78 is 16.8. The molecule has 0 aliphatic carbocycles. The molecule has 4 rings (SSSR count). The van der Waals surface area contributed by atoms with Gasteiger partial charge in [0, 0.05) is 29.2 Å². The molecule has 9 heteroatoms. The van der Waals surface area contributed by atoms with E-state index in [-0.39, 0.29) is 5.82 Å². The first-order valence-corrected chi connectivity index (χ1v) is 11.6. The van der Waals surface area contributed by atoms with Crippen molar-refractivity contribution in [3.63, 3.8) is 0 Å². The Bertz CT molecular complexity index is 1410. The quantitative estimate of drug-likeness (QED) is 0.325. The van der Waals surface area contributed by atoms with Gasteiger partial charge >= 0.3 is 6.09 Å². The number of nitrogens with two attached hydrogens (primary N) is 1. The third-order valence-electron chi connectivity index (χ3n) is 5.08. The van der Waals surface area contributed by atoms with Gasteiger partial charge in [0.05, 0.1) is 22.9 Å². The SMILES string of the molecule is [2H]C([C@H](CC=C)NC(=O)OC(C)(C)C)n1c(Br)c(-c2cnc3ccccc3c2)c2c(N)ncnc21. The van der Waals surface area contributed by atoms with Crippen molar-refractivity contribution >= 4 is 49.8 Å². The molecule has 0 spiro atoms. The van der Waals surface area contributed by atoms with E-state index < -0.39 is 24.3 Å². The lowest BCUT2D eigenvalue weighted by atomic mass is 10.1. The van der Waals surface area contributed by atoms with E-state index in [2.05, 4.69) is 42.8 Å². The molecule has 0 saturated carbocycles. The molecule has 0 aliphatic rings. The molecule has 3 N–H and O–H groups in total. The molecule has 3 heterocycles. The van der Waals surface area contributed by atoms with Crippen molar-refractivity contribution in [2.75, 3.05) is 5.73 Å². The smallest absolute Gasteiger partial charge is 0.407 e. The second-order valence-electron chi connectivity index (χ2n) is 8.84. The number of hydrogen-bond donors (Lipinski definition) is 2. The average Bonchev–Trinajstić information content (AvgIpc) is 3.09. The van der Waals surface area contributed by atoms with Gasteiger partial charge in [-0.1, -0.05) is 24.3 Å². The van der Waals surface area contributed by atoms with E-state index in [0.29, 0.717) is 22.1 Å². The first kappa shape index (κ1) is 22.3. The highest BCUT2D eigenvalue weighted by Gasteiger charge is 2.25. The van der Waals surface area contributed by atoms with Gasteiger partial charge in [-0.15, -0.1) is 6.58 Å². The predicted molar refractivity (Wildman–Crippen MR) is 138 cm³/mol. The van der Waals surface area contributed by atoms with Gasteiger partial charge in [-0.25, -0.2) is 14.8 Å². The van der Waals surface area contributed by atoms with E-state index in [1.54, 1.807) is 37.6 Å². The number of nitrogen functional groups attached to an aromatic ring is 1. The molecule has 0 saturated heterocycles. The van der Waals surface area contributed by atoms with Crippen LogP contribution in [0.4, 0.5) is 10.6 Å². The number of rotatable bonds is 6. The molecule has 2 atom stereocenters. The first-order chi connectivity index (χ1) is 16.6. The van der Waals surface area contributed by atoms with Crippen LogP contribution in [0.2, 0.25) is 0 Å². The minimum atomic E-state index is -0.978. The van der Waals surface area contributed by atoms with E-state index in [1.165, 1.54) is 6.33 Å². The topological polar surface area (TPSA) is 108 Å². The van der Waals surface area contributed by atoms with Gasteiger partial charge in [-0.05, 0) is 55.3 Å². The molecule has 3 aromatic heterocycles. The molecule has 0 bridgehead atoms. The Balaban J connectivity index is 1.84. The van der Waals surface area contributed by atoms with E-state index >= 15 is 0 Å². The maximum Gasteiger partial charge on any atom is 0.407 e. The van der Waals surface area contributed by atoms with Gasteiger partial charge < -0.3 is 20.4 Å². The number of anilines is 1. The van der Waals surface area contributed by atoms with Crippen LogP contribution in [-0.2, 0) is 11.3 Å². The van der Waals surface area contributed by atoms with Crippen LogP contribution in [0.15, 0.2) is 60.1 Å². The Kier molecular flexibility index (Phi) is 6.19. The maximum atomic E-state index is 12.5. The number of carbonyl (C=O) groups is 1. The number of fused-ring (bicyclic) bond motifs is 2. The summed E-state index contributed by atoms with van der Waals surface area (Å²) in [7, 11) is 0. The molecule has 0 fully saturated rings. The van der Waals surface area contributed by atoms with Crippen molar-refractivity contribution in [1.82, 2.24) is 24.8 Å². The molecule has 176 valence electrons. The Hall–Kier alpha value is -3.46. The van der Waals surface area contributed by atoms with Crippen LogP contribution >= 0.6 is 15.9 Å². The predicted octanol–water partition coefficient (Wildman–Crippen LogP) is 5.46. The Labute approximate surface area is 207 Å². The molecular weight excluding hydrogens is 496 g/mol. The van der Waals surface area contributed by atoms with Crippen molar-refractivity contribution in [3.05, 3.63) is 60.1 Å². The first-order valence-electron chi connectivity index (χ1n) is 11.4. The van der Waals surface area contributed by atoms with Gasteiger partial charge in [0.1, 0.15) is 23.4 Å². The Morgan fingerprint density at radius 3 is 2.85 bits per heavy atom. The Morgan fingerprint density at radius 1 is 1.35 bits per heavy atom. The zero-order valence-electron chi connectivity index (χ0n) is 20.2. The second-order valence-corrected chi connectivity index (χ2v) is 9.59. The number of halogens is 1. The lowest BCUT2D eigenvalue weighted by Gasteiger charge is -2.24. The fourth-order valence-corrected chi connectivity index (χ4v) is 4.42. The molecule has 8 nitrogen and oxygen atoms in total. The molecular formula is C25H27BrN6O2. The van der Waals surface area contributed by atoms with Crippen molar-refractivity contribution < 1.29 is 10.9 Å². The largest absolute Gasteiger partial charge is 0.444 e. The van der Waals surface area contributed by atoms with E-state index in [0.717, 1.165) is 22.0 Å². The van der Waals surface area contributed by atoms with Gasteiger partial charge in [0.15, 0.2) is 0 Å². The maximum absolute atomic E-state index is 12.5. The number of alkyl carbamates (subject to hydrolysis) is 1. The summed E-state index contributed by atoms with van der Waals surface area (Å²) in [5.74, 6) is 0.283. The fraction of sp³-hybridized carbons (Fsp3) is 0.280. The van der Waals surface area contributed by atoms with Gasteiger partial charge in [0.2, 0.25) is 0 Å². The van der Waals surface area contributed by atoms with E-state index in [4.69, 9.17) is 11.8 Å². The van der Waals surface area contributed by atoms with Crippen molar-refractivity contribution in [2.24, 2.45) is 0 Å². The normalized spacial score (nSPS) is 13.9. The van der Waals surface area contributed by atoms with Crippen LogP contribution in [-0.4, -0.2) is 37.3 Å². The number of aromatic nitrogens is 4. The van der Waals surface area contributed by atoms with E-state index in [1.807, 2.05) is 30.3 Å². The van der Waals surface area contributed by atoms with Crippen LogP contribution in [0, 0.1) is 0 Å². The highest BCUT2D eigenvalue weighted by Crippen LogP contribution is 2.40. The summed E-state index contributed by atoms with van der Waals surface area (Å²) in [6.07, 6.45) is 4.51. The number of pyridine rings is 1. The van der Waals surface area contributed by atoms with Crippen LogP contribution in [0.25, 0.3) is 33.1 Å². The van der Waals surface area contributed by atoms with Gasteiger partial charge in [-0.3, -0.25) is 4.98 Å². The standard InChI is InChI=1S/C25H27BrN6O2/c1-5-8-17(31-24(33)34-25(2,3)4)13-32-21(26)19(20-22(27)29-14-30-23(20)32)16-11-15-9-6-7-10-18(15)28-12-16/h5-7,9-12,14,17H,1,8,13H2,2-4H3,(H,31,33)(H2,27,29,30)/t17-/m0/s1/i13D/t13?,17-. The minimum absolute atomic E-state index is 0.283. The van der Waals surface area contributed by atoms with Crippen LogP contribution in [0.1, 0.15) is 28.6 Å². The molecule has 1 unspecified atom stereocenters. The zero-order chi connectivity index (χ0) is 25.3. The number of amides is 1.